The number of piperazine rings is 1. The van der Waals surface area contributed by atoms with Crippen LogP contribution >= 0.6 is 11.3 Å². The number of anilines is 2. The summed E-state index contributed by atoms with van der Waals surface area (Å²) in [6.07, 6.45) is 2.98. The van der Waals surface area contributed by atoms with E-state index in [1.54, 1.807) is 12.1 Å². The van der Waals surface area contributed by atoms with Crippen molar-refractivity contribution >= 4 is 39.5 Å². The van der Waals surface area contributed by atoms with Gasteiger partial charge in [-0.3, -0.25) is 19.7 Å². The molecule has 1 aliphatic heterocycles. The Balaban J connectivity index is 1.54. The van der Waals surface area contributed by atoms with E-state index in [2.05, 4.69) is 48.3 Å². The van der Waals surface area contributed by atoms with Crippen LogP contribution in [0.3, 0.4) is 0 Å². The Kier molecular flexibility index (Phi) is 8.30. The van der Waals surface area contributed by atoms with Crippen LogP contribution in [0.4, 0.5) is 16.4 Å². The number of amides is 2. The maximum Gasteiger partial charge on any atom is 0.271 e. The minimum absolute atomic E-state index is 0.0874. The number of nitrogens with zero attached hydrogens (tertiary/aromatic N) is 3. The van der Waals surface area contributed by atoms with Crippen LogP contribution in [0.25, 0.3) is 0 Å². The molecule has 2 heterocycles. The zero-order chi connectivity index (χ0) is 26.7. The Bertz CT molecular complexity index is 1160. The second-order valence-electron chi connectivity index (χ2n) is 11.2. The maximum absolute atomic E-state index is 13.5. The quantitative estimate of drug-likeness (QED) is 0.401. The van der Waals surface area contributed by atoms with E-state index in [4.69, 9.17) is 0 Å². The minimum Gasteiger partial charge on any atom is -0.322 e. The molecule has 2 aromatic rings. The molecule has 9 nitrogen and oxygen atoms in total. The van der Waals surface area contributed by atoms with Gasteiger partial charge >= 0.3 is 0 Å². The van der Waals surface area contributed by atoms with Crippen LogP contribution in [0.5, 0.6) is 0 Å². The molecule has 0 bridgehead atoms. The van der Waals surface area contributed by atoms with E-state index in [0.717, 1.165) is 55.9 Å². The second-order valence-corrected chi connectivity index (χ2v) is 12.3. The number of likely N-dealkylation sites (N-methyl/N-ethyl adjacent to an activating group) is 1. The number of hydrogen-bond acceptors (Lipinski definition) is 7. The third-order valence-electron chi connectivity index (χ3n) is 7.54. The van der Waals surface area contributed by atoms with E-state index >= 15 is 0 Å². The van der Waals surface area contributed by atoms with E-state index in [1.807, 2.05) is 0 Å². The van der Waals surface area contributed by atoms with Crippen LogP contribution in [0, 0.1) is 21.4 Å². The lowest BCUT2D eigenvalue weighted by Gasteiger charge is -2.33. The van der Waals surface area contributed by atoms with E-state index in [0.29, 0.717) is 35.1 Å². The fraction of sp³-hybridized carbons (Fsp3) is 0.556. The summed E-state index contributed by atoms with van der Waals surface area (Å²) in [6, 6.07) is 5.92. The van der Waals surface area contributed by atoms with E-state index in [1.165, 1.54) is 23.5 Å². The summed E-state index contributed by atoms with van der Waals surface area (Å²) in [6.45, 7) is 11.3. The summed E-state index contributed by atoms with van der Waals surface area (Å²) in [7, 11) is 2.10. The molecule has 4 rings (SSSR count). The van der Waals surface area contributed by atoms with Crippen molar-refractivity contribution in [1.82, 2.24) is 9.80 Å². The number of non-ortho nitro benzene ring substituents is 1. The molecule has 1 saturated heterocycles. The average Bonchev–Trinajstić information content (AvgIpc) is 3.20. The molecule has 0 radical (unpaired) electrons. The number of fused-ring (bicyclic) bond motifs is 1. The van der Waals surface area contributed by atoms with Gasteiger partial charge in [-0.05, 0) is 49.3 Å². The Morgan fingerprint density at radius 3 is 2.57 bits per heavy atom. The lowest BCUT2D eigenvalue weighted by molar-refractivity contribution is -0.384. The molecule has 1 aromatic heterocycles. The first-order valence-electron chi connectivity index (χ1n) is 12.9. The van der Waals surface area contributed by atoms with Crippen LogP contribution in [-0.2, 0) is 17.6 Å². The predicted octanol–water partition coefficient (Wildman–Crippen LogP) is 4.64. The van der Waals surface area contributed by atoms with Gasteiger partial charge in [0.2, 0.25) is 5.91 Å². The highest BCUT2D eigenvalue weighted by molar-refractivity contribution is 7.17. The Morgan fingerprint density at radius 2 is 1.89 bits per heavy atom. The van der Waals surface area contributed by atoms with E-state index in [-0.39, 0.29) is 22.9 Å². The number of carbonyl (C=O) groups excluding carboxylic acids is 2. The summed E-state index contributed by atoms with van der Waals surface area (Å²) < 4.78 is 0. The van der Waals surface area contributed by atoms with E-state index in [9.17, 15) is 19.7 Å². The maximum atomic E-state index is 13.5. The molecule has 2 aliphatic rings. The van der Waals surface area contributed by atoms with Crippen molar-refractivity contribution in [2.24, 2.45) is 11.3 Å². The standard InChI is InChI=1S/C27H37N5O4S/c1-27(2,3)18-8-9-21-22(16-18)37-26(29-23(33)10-11-31-14-12-30(4)13-15-31)24(21)25(34)28-19-6-5-7-20(17-19)32(35)36/h5-7,17-18H,8-16H2,1-4H3,(H,28,34)(H,29,33)/t18-/m1/s1. The molecule has 0 unspecified atom stereocenters. The molecule has 200 valence electrons. The van der Waals surface area contributed by atoms with Crippen molar-refractivity contribution in [3.05, 3.63) is 50.4 Å². The number of rotatable bonds is 7. The first kappa shape index (κ1) is 27.2. The van der Waals surface area contributed by atoms with Gasteiger partial charge in [0.05, 0.1) is 10.5 Å². The van der Waals surface area contributed by atoms with Gasteiger partial charge in [0.15, 0.2) is 0 Å². The first-order valence-corrected chi connectivity index (χ1v) is 13.7. The Hall–Kier alpha value is -2.82. The van der Waals surface area contributed by atoms with Crippen molar-refractivity contribution < 1.29 is 14.5 Å². The number of benzene rings is 1. The number of nitrogens with one attached hydrogen (secondary N) is 2. The average molecular weight is 528 g/mol. The number of hydrogen-bond donors (Lipinski definition) is 2. The van der Waals surface area contributed by atoms with Crippen LogP contribution in [0.1, 0.15) is 54.4 Å². The molecule has 37 heavy (non-hydrogen) atoms. The molecule has 1 aliphatic carbocycles. The number of thiophene rings is 1. The topological polar surface area (TPSA) is 108 Å². The van der Waals surface area contributed by atoms with Crippen LogP contribution in [0.2, 0.25) is 0 Å². The van der Waals surface area contributed by atoms with Gasteiger partial charge in [0, 0.05) is 61.8 Å². The lowest BCUT2D eigenvalue weighted by atomic mass is 9.72. The summed E-state index contributed by atoms with van der Waals surface area (Å²) in [5, 5.41) is 17.6. The summed E-state index contributed by atoms with van der Waals surface area (Å²) in [5.74, 6) is 0.0444. The Morgan fingerprint density at radius 1 is 1.16 bits per heavy atom. The minimum atomic E-state index is -0.485. The highest BCUT2D eigenvalue weighted by Crippen LogP contribution is 2.44. The first-order chi connectivity index (χ1) is 17.5. The van der Waals surface area contributed by atoms with E-state index < -0.39 is 4.92 Å². The normalized spacial score (nSPS) is 18.8. The van der Waals surface area contributed by atoms with Gasteiger partial charge in [-0.2, -0.15) is 0 Å². The summed E-state index contributed by atoms with van der Waals surface area (Å²) in [5.41, 5.74) is 1.90. The lowest BCUT2D eigenvalue weighted by Crippen LogP contribution is -2.45. The van der Waals surface area contributed by atoms with Crippen molar-refractivity contribution in [2.75, 3.05) is 50.4 Å². The van der Waals surface area contributed by atoms with Crippen molar-refractivity contribution in [1.29, 1.82) is 0 Å². The predicted molar refractivity (Wildman–Crippen MR) is 148 cm³/mol. The van der Waals surface area contributed by atoms with Crippen molar-refractivity contribution in [3.8, 4) is 0 Å². The monoisotopic (exact) mass is 527 g/mol. The van der Waals surface area contributed by atoms with Crippen molar-refractivity contribution in [2.45, 2.75) is 46.5 Å². The molecule has 0 saturated carbocycles. The highest BCUT2D eigenvalue weighted by atomic mass is 32.1. The van der Waals surface area contributed by atoms with Gasteiger partial charge in [0.1, 0.15) is 5.00 Å². The second kappa shape index (κ2) is 11.3. The largest absolute Gasteiger partial charge is 0.322 e. The van der Waals surface area contributed by atoms with Gasteiger partial charge in [-0.1, -0.05) is 26.8 Å². The molecule has 2 amide bonds. The molecule has 10 heteroatoms. The molecule has 1 fully saturated rings. The number of nitro benzene ring substituents is 1. The summed E-state index contributed by atoms with van der Waals surface area (Å²) >= 11 is 1.50. The van der Waals surface area contributed by atoms with Gasteiger partial charge in [-0.25, -0.2) is 0 Å². The molecule has 1 aromatic carbocycles. The number of carbonyl (C=O) groups is 2. The van der Waals surface area contributed by atoms with Crippen LogP contribution in [0.15, 0.2) is 24.3 Å². The molecule has 0 spiro atoms. The number of nitro groups is 1. The van der Waals surface area contributed by atoms with Gasteiger partial charge < -0.3 is 20.4 Å². The van der Waals surface area contributed by atoms with Gasteiger partial charge in [-0.15, -0.1) is 11.3 Å². The third kappa shape index (κ3) is 6.74. The van der Waals surface area contributed by atoms with Crippen LogP contribution in [-0.4, -0.2) is 66.3 Å². The molecule has 2 N–H and O–H groups in total. The Labute approximate surface area is 222 Å². The van der Waals surface area contributed by atoms with Crippen molar-refractivity contribution in [3.63, 3.8) is 0 Å². The fourth-order valence-corrected chi connectivity index (χ4v) is 6.41. The molecular weight excluding hydrogens is 490 g/mol. The molecule has 1 atom stereocenters. The fourth-order valence-electron chi connectivity index (χ4n) is 5.06. The zero-order valence-electron chi connectivity index (χ0n) is 22.1. The van der Waals surface area contributed by atoms with Crippen LogP contribution < -0.4 is 10.6 Å². The highest BCUT2D eigenvalue weighted by Gasteiger charge is 2.34. The smallest absolute Gasteiger partial charge is 0.271 e. The summed E-state index contributed by atoms with van der Waals surface area (Å²) in [4.78, 5) is 42.9. The SMILES string of the molecule is CN1CCN(CCC(=O)Nc2sc3c(c2C(=O)Nc2cccc([N+](=O)[O-])c2)CC[C@@H](C(C)(C)C)C3)CC1. The van der Waals surface area contributed by atoms with Gasteiger partial charge in [0.25, 0.3) is 11.6 Å². The third-order valence-corrected chi connectivity index (χ3v) is 8.71. The zero-order valence-corrected chi connectivity index (χ0v) is 23.0. The molecular formula is C27H37N5O4S.